The highest BCUT2D eigenvalue weighted by molar-refractivity contribution is 5.53. The normalized spacial score (nSPS) is 17.1. The van der Waals surface area contributed by atoms with Gasteiger partial charge in [0, 0.05) is 31.3 Å². The lowest BCUT2D eigenvalue weighted by Crippen LogP contribution is -2.39. The molecule has 2 rings (SSSR count). The topological polar surface area (TPSA) is 58.4 Å². The second-order valence-corrected chi connectivity index (χ2v) is 4.89. The molecule has 0 bridgehead atoms. The molecule has 1 saturated heterocycles. The van der Waals surface area contributed by atoms with E-state index in [9.17, 15) is 18.9 Å². The third-order valence-corrected chi connectivity index (χ3v) is 3.63. The zero-order valence-corrected chi connectivity index (χ0v) is 11.2. The predicted molar refractivity (Wildman–Crippen MR) is 71.8 cm³/mol. The molecule has 0 aliphatic carbocycles. The standard InChI is InChI=1S/C13H17F2N3O2/c1-2-17-5-3-9(4-6-17)16-12-8-13(18(19)20)11(15)7-10(12)14/h7-9,16H,2-6H2,1H3. The van der Waals surface area contributed by atoms with E-state index in [0.717, 1.165) is 38.5 Å². The number of anilines is 1. The van der Waals surface area contributed by atoms with E-state index in [2.05, 4.69) is 17.1 Å². The van der Waals surface area contributed by atoms with Crippen LogP contribution in [-0.2, 0) is 0 Å². The number of nitrogens with one attached hydrogen (secondary N) is 1. The number of nitro benzene ring substituents is 1. The molecular weight excluding hydrogens is 268 g/mol. The number of hydrogen-bond donors (Lipinski definition) is 1. The monoisotopic (exact) mass is 285 g/mol. The van der Waals surface area contributed by atoms with Crippen molar-refractivity contribution in [1.82, 2.24) is 4.90 Å². The Morgan fingerprint density at radius 2 is 2.00 bits per heavy atom. The van der Waals surface area contributed by atoms with Gasteiger partial charge in [-0.3, -0.25) is 10.1 Å². The first-order valence-corrected chi connectivity index (χ1v) is 6.63. The molecule has 1 aliphatic heterocycles. The maximum atomic E-state index is 13.7. The van der Waals surface area contributed by atoms with Crippen molar-refractivity contribution in [2.75, 3.05) is 25.0 Å². The Morgan fingerprint density at radius 1 is 1.35 bits per heavy atom. The highest BCUT2D eigenvalue weighted by atomic mass is 19.1. The molecule has 0 spiro atoms. The van der Waals surface area contributed by atoms with Crippen LogP contribution in [0.2, 0.25) is 0 Å². The summed E-state index contributed by atoms with van der Waals surface area (Å²) in [6.45, 7) is 4.86. The fraction of sp³-hybridized carbons (Fsp3) is 0.538. The lowest BCUT2D eigenvalue weighted by Gasteiger charge is -2.32. The van der Waals surface area contributed by atoms with Gasteiger partial charge in [0.05, 0.1) is 10.6 Å². The van der Waals surface area contributed by atoms with Crippen LogP contribution in [0.4, 0.5) is 20.2 Å². The Labute approximate surface area is 115 Å². The van der Waals surface area contributed by atoms with Crippen LogP contribution in [0.3, 0.4) is 0 Å². The van der Waals surface area contributed by atoms with Gasteiger partial charge in [-0.1, -0.05) is 6.92 Å². The minimum absolute atomic E-state index is 0.00644. The SMILES string of the molecule is CCN1CCC(Nc2cc([N+](=O)[O-])c(F)cc2F)CC1. The molecule has 110 valence electrons. The van der Waals surface area contributed by atoms with Crippen molar-refractivity contribution in [3.8, 4) is 0 Å². The van der Waals surface area contributed by atoms with E-state index >= 15 is 0 Å². The largest absolute Gasteiger partial charge is 0.380 e. The number of halogens is 2. The summed E-state index contributed by atoms with van der Waals surface area (Å²) in [5.41, 5.74) is -0.715. The first-order chi connectivity index (χ1) is 9.51. The van der Waals surface area contributed by atoms with Gasteiger partial charge < -0.3 is 10.2 Å². The molecule has 1 aromatic rings. The van der Waals surface area contributed by atoms with Gasteiger partial charge in [-0.2, -0.15) is 4.39 Å². The molecular formula is C13H17F2N3O2. The summed E-state index contributed by atoms with van der Waals surface area (Å²) < 4.78 is 26.9. The maximum absolute atomic E-state index is 13.7. The predicted octanol–water partition coefficient (Wildman–Crippen LogP) is 2.77. The van der Waals surface area contributed by atoms with Gasteiger partial charge in [-0.15, -0.1) is 0 Å². The van der Waals surface area contributed by atoms with E-state index in [0.29, 0.717) is 6.07 Å². The van der Waals surface area contributed by atoms with E-state index in [1.807, 2.05) is 0 Å². The number of benzene rings is 1. The molecule has 1 N–H and O–H groups in total. The summed E-state index contributed by atoms with van der Waals surface area (Å²) in [6, 6.07) is 1.54. The smallest absolute Gasteiger partial charge is 0.307 e. The molecule has 1 aromatic carbocycles. The van der Waals surface area contributed by atoms with Crippen LogP contribution in [0.25, 0.3) is 0 Å². The highest BCUT2D eigenvalue weighted by Gasteiger charge is 2.22. The molecule has 5 nitrogen and oxygen atoms in total. The van der Waals surface area contributed by atoms with Gasteiger partial charge in [0.2, 0.25) is 5.82 Å². The lowest BCUT2D eigenvalue weighted by molar-refractivity contribution is -0.387. The molecule has 0 amide bonds. The second kappa shape index (κ2) is 6.13. The molecule has 20 heavy (non-hydrogen) atoms. The van der Waals surface area contributed by atoms with E-state index in [1.165, 1.54) is 0 Å². The Balaban J connectivity index is 2.10. The summed E-state index contributed by atoms with van der Waals surface area (Å²) in [6.07, 6.45) is 1.66. The van der Waals surface area contributed by atoms with Gasteiger partial charge in [0.15, 0.2) is 0 Å². The van der Waals surface area contributed by atoms with Crippen molar-refractivity contribution in [2.45, 2.75) is 25.8 Å². The van der Waals surface area contributed by atoms with Crippen molar-refractivity contribution in [3.05, 3.63) is 33.9 Å². The van der Waals surface area contributed by atoms with Crippen molar-refractivity contribution < 1.29 is 13.7 Å². The Hall–Kier alpha value is -1.76. The highest BCUT2D eigenvalue weighted by Crippen LogP contribution is 2.27. The van der Waals surface area contributed by atoms with Crippen LogP contribution in [0, 0.1) is 21.7 Å². The van der Waals surface area contributed by atoms with Crippen molar-refractivity contribution in [2.24, 2.45) is 0 Å². The van der Waals surface area contributed by atoms with Gasteiger partial charge in [0.25, 0.3) is 0 Å². The van der Waals surface area contributed by atoms with Gasteiger partial charge >= 0.3 is 5.69 Å². The lowest BCUT2D eigenvalue weighted by atomic mass is 10.0. The van der Waals surface area contributed by atoms with Crippen molar-refractivity contribution in [1.29, 1.82) is 0 Å². The van der Waals surface area contributed by atoms with E-state index in [1.54, 1.807) is 0 Å². The Bertz CT molecular complexity index is 503. The number of rotatable bonds is 4. The number of hydrogen-bond acceptors (Lipinski definition) is 4. The fourth-order valence-electron chi connectivity index (χ4n) is 2.40. The average molecular weight is 285 g/mol. The number of likely N-dealkylation sites (tertiary alicyclic amines) is 1. The minimum atomic E-state index is -1.15. The molecule has 0 radical (unpaired) electrons. The van der Waals surface area contributed by atoms with Gasteiger partial charge in [0.1, 0.15) is 5.82 Å². The molecule has 1 heterocycles. The van der Waals surface area contributed by atoms with Crippen LogP contribution in [0.1, 0.15) is 19.8 Å². The van der Waals surface area contributed by atoms with Gasteiger partial charge in [-0.25, -0.2) is 4.39 Å². The first kappa shape index (κ1) is 14.6. The molecule has 0 unspecified atom stereocenters. The average Bonchev–Trinajstić information content (AvgIpc) is 2.42. The van der Waals surface area contributed by atoms with Crippen LogP contribution >= 0.6 is 0 Å². The molecule has 1 fully saturated rings. The van der Waals surface area contributed by atoms with Crippen LogP contribution in [0.5, 0.6) is 0 Å². The van der Waals surface area contributed by atoms with Crippen molar-refractivity contribution in [3.63, 3.8) is 0 Å². The van der Waals surface area contributed by atoms with Gasteiger partial charge in [-0.05, 0) is 19.4 Å². The summed E-state index contributed by atoms with van der Waals surface area (Å²) in [7, 11) is 0. The van der Waals surface area contributed by atoms with Crippen LogP contribution in [-0.4, -0.2) is 35.5 Å². The maximum Gasteiger partial charge on any atom is 0.307 e. The third kappa shape index (κ3) is 3.22. The molecule has 1 aliphatic rings. The Morgan fingerprint density at radius 3 is 2.55 bits per heavy atom. The summed E-state index contributed by atoms with van der Waals surface area (Å²) >= 11 is 0. The minimum Gasteiger partial charge on any atom is -0.380 e. The number of nitrogens with zero attached hydrogens (tertiary/aromatic N) is 2. The third-order valence-electron chi connectivity index (χ3n) is 3.63. The Kier molecular flexibility index (Phi) is 4.49. The number of piperidine rings is 1. The molecule has 0 saturated carbocycles. The van der Waals surface area contributed by atoms with Crippen LogP contribution in [0.15, 0.2) is 12.1 Å². The van der Waals surface area contributed by atoms with Crippen molar-refractivity contribution >= 4 is 11.4 Å². The summed E-state index contributed by atoms with van der Waals surface area (Å²) in [4.78, 5) is 12.1. The zero-order chi connectivity index (χ0) is 14.7. The van der Waals surface area contributed by atoms with E-state index in [-0.39, 0.29) is 11.7 Å². The zero-order valence-electron chi connectivity index (χ0n) is 11.2. The molecule has 0 atom stereocenters. The molecule has 0 aromatic heterocycles. The summed E-state index contributed by atoms with van der Waals surface area (Å²) in [5, 5.41) is 13.6. The van der Waals surface area contributed by atoms with Crippen LogP contribution < -0.4 is 5.32 Å². The molecule has 7 heteroatoms. The first-order valence-electron chi connectivity index (χ1n) is 6.63. The van der Waals surface area contributed by atoms with E-state index in [4.69, 9.17) is 0 Å². The summed E-state index contributed by atoms with van der Waals surface area (Å²) in [5.74, 6) is -1.95. The van der Waals surface area contributed by atoms with E-state index < -0.39 is 22.2 Å². The number of nitro groups is 1. The quantitative estimate of drug-likeness (QED) is 0.682. The fourth-order valence-corrected chi connectivity index (χ4v) is 2.40. The second-order valence-electron chi connectivity index (χ2n) is 4.89.